The van der Waals surface area contributed by atoms with Crippen molar-refractivity contribution in [3.05, 3.63) is 45.2 Å². The molecule has 0 bridgehead atoms. The molecule has 1 heterocycles. The summed E-state index contributed by atoms with van der Waals surface area (Å²) in [5.41, 5.74) is 5.59. The van der Waals surface area contributed by atoms with Crippen molar-refractivity contribution in [3.63, 3.8) is 0 Å². The summed E-state index contributed by atoms with van der Waals surface area (Å²) in [4.78, 5) is 12.8. The van der Waals surface area contributed by atoms with Gasteiger partial charge >= 0.3 is 0 Å². The van der Waals surface area contributed by atoms with Gasteiger partial charge in [-0.25, -0.2) is 9.07 Å². The van der Waals surface area contributed by atoms with E-state index in [2.05, 4.69) is 5.10 Å². The molecule has 0 saturated carbocycles. The fourth-order valence-electron chi connectivity index (χ4n) is 2.31. The van der Waals surface area contributed by atoms with Crippen LogP contribution in [-0.2, 0) is 31.5 Å². The monoisotopic (exact) mass is 371 g/mol. The van der Waals surface area contributed by atoms with Crippen molar-refractivity contribution < 1.29 is 9.18 Å². The molecule has 6 nitrogen and oxygen atoms in total. The average Bonchev–Trinajstić information content (AvgIpc) is 2.77. The summed E-state index contributed by atoms with van der Waals surface area (Å²) in [6.45, 7) is 0.689. The molecule has 24 heavy (non-hydrogen) atoms. The molecular weight excluding hydrogens is 353 g/mol. The predicted octanol–water partition coefficient (Wildman–Crippen LogP) is 2.25. The predicted molar refractivity (Wildman–Crippen MR) is 92.4 cm³/mol. The quantitative estimate of drug-likeness (QED) is 0.758. The Bertz CT molecular complexity index is 783. The molecule has 1 aromatic heterocycles. The van der Waals surface area contributed by atoms with Gasteiger partial charge in [-0.2, -0.15) is 5.10 Å². The number of nitrogens with zero attached hydrogens (tertiary/aromatic N) is 4. The van der Waals surface area contributed by atoms with E-state index in [1.165, 1.54) is 6.07 Å². The highest BCUT2D eigenvalue weighted by Gasteiger charge is 2.13. The Morgan fingerprint density at radius 1 is 1.50 bits per heavy atom. The van der Waals surface area contributed by atoms with Crippen molar-refractivity contribution in [1.29, 1.82) is 0 Å². The Morgan fingerprint density at radius 3 is 2.83 bits per heavy atom. The third kappa shape index (κ3) is 4.40. The first-order valence-corrected chi connectivity index (χ1v) is 8.10. The molecule has 2 rings (SSSR count). The van der Waals surface area contributed by atoms with Gasteiger partial charge < -0.3 is 10.3 Å². The van der Waals surface area contributed by atoms with E-state index >= 15 is 0 Å². The van der Waals surface area contributed by atoms with Crippen LogP contribution in [0.2, 0.25) is 5.02 Å². The minimum atomic E-state index is -0.387. The Hall–Kier alpha value is -1.77. The summed E-state index contributed by atoms with van der Waals surface area (Å²) in [5.74, 6) is -0.0565. The number of amides is 1. The van der Waals surface area contributed by atoms with E-state index < -0.39 is 0 Å². The number of carbonyl (C=O) groups is 1. The maximum atomic E-state index is 13.9. The number of hydrogen-bond donors (Lipinski definition) is 1. The largest absolute Gasteiger partial charge is 0.370 e. The number of halogens is 2. The number of carbonyl (C=O) groups excluding carboxylic acids is 1. The fourth-order valence-corrected chi connectivity index (χ4v) is 2.74. The van der Waals surface area contributed by atoms with Gasteiger partial charge in [0, 0.05) is 37.0 Å². The summed E-state index contributed by atoms with van der Waals surface area (Å²) >= 11 is 11.4. The SMILES string of the molecule is CN(Cc1c(F)cccc1Cl)Cn1nc(CCC(N)=O)n(C)c1=S. The molecule has 0 atom stereocenters. The smallest absolute Gasteiger partial charge is 0.217 e. The molecule has 2 aromatic rings. The lowest BCUT2D eigenvalue weighted by Gasteiger charge is -2.17. The Balaban J connectivity index is 2.12. The van der Waals surface area contributed by atoms with Crippen molar-refractivity contribution in [2.75, 3.05) is 7.05 Å². The van der Waals surface area contributed by atoms with E-state index in [1.807, 2.05) is 11.9 Å². The maximum Gasteiger partial charge on any atom is 0.217 e. The summed E-state index contributed by atoms with van der Waals surface area (Å²) < 4.78 is 17.7. The standard InChI is InChI=1S/C15H19ClFN5OS/c1-20(8-10-11(16)4-3-5-12(10)17)9-22-15(24)21(2)14(19-22)7-6-13(18)23/h3-5H,6-9H2,1-2H3,(H2,18,23). The van der Waals surface area contributed by atoms with Crippen molar-refractivity contribution in [1.82, 2.24) is 19.2 Å². The lowest BCUT2D eigenvalue weighted by molar-refractivity contribution is -0.118. The van der Waals surface area contributed by atoms with Crippen LogP contribution in [0.5, 0.6) is 0 Å². The maximum absolute atomic E-state index is 13.9. The van der Waals surface area contributed by atoms with E-state index in [9.17, 15) is 9.18 Å². The van der Waals surface area contributed by atoms with Gasteiger partial charge in [-0.1, -0.05) is 17.7 Å². The first kappa shape index (κ1) is 18.6. The van der Waals surface area contributed by atoms with E-state index in [0.29, 0.717) is 40.8 Å². The Kier molecular flexibility index (Phi) is 6.09. The van der Waals surface area contributed by atoms with Crippen LogP contribution in [0.15, 0.2) is 18.2 Å². The second-order valence-corrected chi connectivity index (χ2v) is 6.35. The summed E-state index contributed by atoms with van der Waals surface area (Å²) in [5, 5.41) is 4.79. The third-order valence-electron chi connectivity index (χ3n) is 3.59. The molecule has 2 N–H and O–H groups in total. The first-order valence-electron chi connectivity index (χ1n) is 7.32. The highest BCUT2D eigenvalue weighted by atomic mass is 35.5. The summed E-state index contributed by atoms with van der Waals surface area (Å²) in [7, 11) is 3.61. The molecule has 0 aliphatic rings. The van der Waals surface area contributed by atoms with Gasteiger partial charge in [0.2, 0.25) is 5.91 Å². The zero-order chi connectivity index (χ0) is 17.9. The molecule has 0 aliphatic carbocycles. The number of rotatable bonds is 7. The van der Waals surface area contributed by atoms with E-state index in [-0.39, 0.29) is 18.1 Å². The average molecular weight is 372 g/mol. The minimum Gasteiger partial charge on any atom is -0.370 e. The Morgan fingerprint density at radius 2 is 2.21 bits per heavy atom. The van der Waals surface area contributed by atoms with Crippen LogP contribution in [0.4, 0.5) is 4.39 Å². The zero-order valence-corrected chi connectivity index (χ0v) is 15.1. The summed E-state index contributed by atoms with van der Waals surface area (Å²) in [6.07, 6.45) is 0.631. The van der Waals surface area contributed by atoms with Crippen molar-refractivity contribution in [2.45, 2.75) is 26.1 Å². The van der Waals surface area contributed by atoms with Gasteiger partial charge in [0.25, 0.3) is 0 Å². The second-order valence-electron chi connectivity index (χ2n) is 5.58. The molecule has 0 spiro atoms. The van der Waals surface area contributed by atoms with Crippen LogP contribution < -0.4 is 5.73 Å². The molecule has 0 saturated heterocycles. The molecule has 9 heteroatoms. The molecule has 130 valence electrons. The number of hydrogen-bond acceptors (Lipinski definition) is 4. The second kappa shape index (κ2) is 7.87. The van der Waals surface area contributed by atoms with Gasteiger partial charge in [-0.15, -0.1) is 0 Å². The van der Waals surface area contributed by atoms with Crippen molar-refractivity contribution in [2.24, 2.45) is 12.8 Å². The lowest BCUT2D eigenvalue weighted by atomic mass is 10.2. The number of aryl methyl sites for hydroxylation is 1. The third-order valence-corrected chi connectivity index (χ3v) is 4.43. The van der Waals surface area contributed by atoms with Gasteiger partial charge in [-0.3, -0.25) is 9.69 Å². The van der Waals surface area contributed by atoms with Crippen LogP contribution in [-0.4, -0.2) is 32.2 Å². The topological polar surface area (TPSA) is 69.1 Å². The first-order chi connectivity index (χ1) is 11.3. The highest BCUT2D eigenvalue weighted by molar-refractivity contribution is 7.71. The molecule has 0 radical (unpaired) electrons. The van der Waals surface area contributed by atoms with Crippen LogP contribution in [0, 0.1) is 10.6 Å². The van der Waals surface area contributed by atoms with Crippen molar-refractivity contribution in [3.8, 4) is 0 Å². The fraction of sp³-hybridized carbons (Fsp3) is 0.400. The molecular formula is C15H19ClFN5OS. The Labute approximate surface area is 149 Å². The van der Waals surface area contributed by atoms with Crippen molar-refractivity contribution >= 4 is 29.7 Å². The molecule has 0 unspecified atom stereocenters. The lowest BCUT2D eigenvalue weighted by Crippen LogP contribution is -2.23. The molecule has 0 fully saturated rings. The van der Waals surface area contributed by atoms with Crippen LogP contribution in [0.3, 0.4) is 0 Å². The normalized spacial score (nSPS) is 11.2. The van der Waals surface area contributed by atoms with Gasteiger partial charge in [-0.05, 0) is 31.4 Å². The van der Waals surface area contributed by atoms with E-state index in [4.69, 9.17) is 29.6 Å². The van der Waals surface area contributed by atoms with Gasteiger partial charge in [0.1, 0.15) is 11.6 Å². The molecule has 1 aromatic carbocycles. The van der Waals surface area contributed by atoms with E-state index in [0.717, 1.165) is 0 Å². The van der Waals surface area contributed by atoms with E-state index in [1.54, 1.807) is 28.4 Å². The van der Waals surface area contributed by atoms with Gasteiger partial charge in [0.15, 0.2) is 4.77 Å². The zero-order valence-electron chi connectivity index (χ0n) is 13.5. The minimum absolute atomic E-state index is 0.209. The molecule has 0 aliphatic heterocycles. The van der Waals surface area contributed by atoms with Crippen LogP contribution in [0.25, 0.3) is 0 Å². The van der Waals surface area contributed by atoms with Gasteiger partial charge in [0.05, 0.1) is 6.67 Å². The number of primary amides is 1. The molecule has 1 amide bonds. The number of nitrogens with two attached hydrogens (primary N) is 1. The number of aromatic nitrogens is 3. The number of benzene rings is 1. The van der Waals surface area contributed by atoms with Crippen LogP contribution >= 0.6 is 23.8 Å². The highest BCUT2D eigenvalue weighted by Crippen LogP contribution is 2.20. The van der Waals surface area contributed by atoms with Crippen LogP contribution in [0.1, 0.15) is 17.8 Å². The summed E-state index contributed by atoms with van der Waals surface area (Å²) in [6, 6.07) is 4.60.